The number of esters is 1. The first kappa shape index (κ1) is 20.2. The van der Waals surface area contributed by atoms with Gasteiger partial charge in [0.25, 0.3) is 5.56 Å². The number of carbonyl (C=O) groups is 1. The van der Waals surface area contributed by atoms with Crippen LogP contribution in [0.25, 0.3) is 16.6 Å². The number of ether oxygens (including phenoxy) is 2. The molecule has 0 aliphatic rings. The Bertz CT molecular complexity index is 1080. The van der Waals surface area contributed by atoms with Gasteiger partial charge in [-0.2, -0.15) is 0 Å². The maximum atomic E-state index is 13.2. The molecule has 0 saturated heterocycles. The Hall–Kier alpha value is -2.51. The van der Waals surface area contributed by atoms with E-state index >= 15 is 0 Å². The number of carbonyl (C=O) groups excluding carboxylic acids is 1. The molecule has 3 rings (SSSR count). The van der Waals surface area contributed by atoms with Crippen molar-refractivity contribution >= 4 is 40.2 Å². The summed E-state index contributed by atoms with van der Waals surface area (Å²) in [5.74, 6) is 0.157. The summed E-state index contributed by atoms with van der Waals surface area (Å²) < 4.78 is 12.0. The number of rotatable bonds is 6. The fourth-order valence-electron chi connectivity index (χ4n) is 2.68. The van der Waals surface area contributed by atoms with Gasteiger partial charge in [-0.05, 0) is 44.2 Å². The quantitative estimate of drug-likeness (QED) is 0.341. The average Bonchev–Trinajstić information content (AvgIpc) is 2.65. The normalized spacial score (nSPS) is 11.0. The fraction of sp³-hybridized carbons (Fsp3) is 0.250. The van der Waals surface area contributed by atoms with Gasteiger partial charge in [0.15, 0.2) is 5.16 Å². The second kappa shape index (κ2) is 8.67. The Labute approximate surface area is 171 Å². The van der Waals surface area contributed by atoms with Crippen molar-refractivity contribution in [3.8, 4) is 11.4 Å². The van der Waals surface area contributed by atoms with Crippen LogP contribution in [-0.4, -0.2) is 34.5 Å². The molecule has 0 atom stereocenters. The van der Waals surface area contributed by atoms with E-state index in [0.29, 0.717) is 32.5 Å². The second-order valence-electron chi connectivity index (χ2n) is 6.20. The number of hydrogen-bond acceptors (Lipinski definition) is 6. The monoisotopic (exact) mass is 418 g/mol. The minimum Gasteiger partial charge on any atom is -0.495 e. The van der Waals surface area contributed by atoms with Crippen molar-refractivity contribution in [1.82, 2.24) is 9.55 Å². The zero-order chi connectivity index (χ0) is 20.3. The van der Waals surface area contributed by atoms with Crippen LogP contribution in [0.1, 0.15) is 13.8 Å². The first-order valence-corrected chi connectivity index (χ1v) is 9.95. The molecule has 0 spiro atoms. The molecule has 0 N–H and O–H groups in total. The molecular formula is C20H19ClN2O4S. The van der Waals surface area contributed by atoms with Gasteiger partial charge in [-0.3, -0.25) is 14.2 Å². The van der Waals surface area contributed by atoms with Crippen molar-refractivity contribution in [2.75, 3.05) is 12.9 Å². The van der Waals surface area contributed by atoms with Crippen molar-refractivity contribution in [3.05, 3.63) is 57.8 Å². The number of fused-ring (bicyclic) bond motifs is 1. The molecule has 0 radical (unpaired) electrons. The molecule has 0 unspecified atom stereocenters. The topological polar surface area (TPSA) is 70.4 Å². The van der Waals surface area contributed by atoms with Crippen LogP contribution in [0, 0.1) is 0 Å². The maximum absolute atomic E-state index is 13.2. The van der Waals surface area contributed by atoms with Crippen molar-refractivity contribution in [1.29, 1.82) is 0 Å². The van der Waals surface area contributed by atoms with Crippen LogP contribution < -0.4 is 10.3 Å². The number of nitrogens with zero attached hydrogens (tertiary/aromatic N) is 2. The Morgan fingerprint density at radius 3 is 2.71 bits per heavy atom. The molecule has 6 nitrogen and oxygen atoms in total. The third-order valence-electron chi connectivity index (χ3n) is 3.81. The van der Waals surface area contributed by atoms with Crippen LogP contribution >= 0.6 is 23.4 Å². The Morgan fingerprint density at radius 1 is 1.25 bits per heavy atom. The molecule has 0 bridgehead atoms. The molecule has 3 aromatic rings. The molecular weight excluding hydrogens is 400 g/mol. The van der Waals surface area contributed by atoms with Gasteiger partial charge in [0.2, 0.25) is 0 Å². The van der Waals surface area contributed by atoms with Crippen molar-refractivity contribution in [2.24, 2.45) is 0 Å². The lowest BCUT2D eigenvalue weighted by Crippen LogP contribution is -2.23. The third-order valence-corrected chi connectivity index (χ3v) is 4.96. The van der Waals surface area contributed by atoms with E-state index in [1.165, 1.54) is 11.7 Å². The summed E-state index contributed by atoms with van der Waals surface area (Å²) in [6.07, 6.45) is -0.215. The Balaban J connectivity index is 2.16. The van der Waals surface area contributed by atoms with E-state index < -0.39 is 0 Å². The summed E-state index contributed by atoms with van der Waals surface area (Å²) in [5, 5.41) is 1.25. The van der Waals surface area contributed by atoms with Crippen LogP contribution in [0.4, 0.5) is 0 Å². The molecule has 0 aliphatic heterocycles. The first-order chi connectivity index (χ1) is 13.4. The zero-order valence-corrected chi connectivity index (χ0v) is 17.2. The van der Waals surface area contributed by atoms with Crippen molar-refractivity contribution < 1.29 is 14.3 Å². The predicted octanol–water partition coefficient (Wildman–Crippen LogP) is 4.09. The molecule has 0 fully saturated rings. The van der Waals surface area contributed by atoms with Crippen LogP contribution in [0.15, 0.2) is 52.4 Å². The Kier molecular flexibility index (Phi) is 6.26. The van der Waals surface area contributed by atoms with Gasteiger partial charge >= 0.3 is 5.97 Å². The standard InChI is InChI=1S/C20H19ClN2O4S/c1-12(2)27-18(24)11-28-20-22-15-10-13(21)8-9-14(15)19(25)23(20)16-6-4-5-7-17(16)26-3/h4-10,12H,11H2,1-3H3. The van der Waals surface area contributed by atoms with Gasteiger partial charge in [-0.15, -0.1) is 0 Å². The molecule has 28 heavy (non-hydrogen) atoms. The largest absolute Gasteiger partial charge is 0.495 e. The SMILES string of the molecule is COc1ccccc1-n1c(SCC(=O)OC(C)C)nc2cc(Cl)ccc2c1=O. The third kappa shape index (κ3) is 4.31. The van der Waals surface area contributed by atoms with Gasteiger partial charge in [-0.1, -0.05) is 35.5 Å². The number of para-hydroxylation sites is 2. The number of aromatic nitrogens is 2. The highest BCUT2D eigenvalue weighted by atomic mass is 35.5. The van der Waals surface area contributed by atoms with E-state index in [-0.39, 0.29) is 23.4 Å². The summed E-state index contributed by atoms with van der Waals surface area (Å²) in [7, 11) is 1.53. The molecule has 146 valence electrons. The number of methoxy groups -OCH3 is 1. The molecule has 1 heterocycles. The number of benzene rings is 2. The van der Waals surface area contributed by atoms with E-state index in [2.05, 4.69) is 4.98 Å². The van der Waals surface area contributed by atoms with Gasteiger partial charge in [0, 0.05) is 5.02 Å². The van der Waals surface area contributed by atoms with E-state index in [1.54, 1.807) is 50.2 Å². The maximum Gasteiger partial charge on any atom is 0.316 e. The minimum absolute atomic E-state index is 0.0197. The first-order valence-electron chi connectivity index (χ1n) is 8.58. The lowest BCUT2D eigenvalue weighted by molar-refractivity contribution is -0.144. The lowest BCUT2D eigenvalue weighted by Gasteiger charge is -2.16. The zero-order valence-electron chi connectivity index (χ0n) is 15.6. The van der Waals surface area contributed by atoms with E-state index in [1.807, 2.05) is 6.07 Å². The summed E-state index contributed by atoms with van der Waals surface area (Å²) in [4.78, 5) is 29.8. The minimum atomic E-state index is -0.382. The summed E-state index contributed by atoms with van der Waals surface area (Å²) in [5.41, 5.74) is 0.730. The van der Waals surface area contributed by atoms with Gasteiger partial charge in [0.05, 0.1) is 35.6 Å². The van der Waals surface area contributed by atoms with Crippen LogP contribution in [-0.2, 0) is 9.53 Å². The van der Waals surface area contributed by atoms with Crippen molar-refractivity contribution in [3.63, 3.8) is 0 Å². The van der Waals surface area contributed by atoms with Gasteiger partial charge in [-0.25, -0.2) is 4.98 Å². The summed E-state index contributed by atoms with van der Waals surface area (Å²) in [6, 6.07) is 12.1. The smallest absolute Gasteiger partial charge is 0.316 e. The highest BCUT2D eigenvalue weighted by Gasteiger charge is 2.18. The van der Waals surface area contributed by atoms with Crippen LogP contribution in [0.3, 0.4) is 0 Å². The van der Waals surface area contributed by atoms with Gasteiger partial charge in [0.1, 0.15) is 5.75 Å². The molecule has 0 amide bonds. The molecule has 1 aromatic heterocycles. The predicted molar refractivity (Wildman–Crippen MR) is 111 cm³/mol. The van der Waals surface area contributed by atoms with E-state index in [0.717, 1.165) is 11.8 Å². The highest BCUT2D eigenvalue weighted by molar-refractivity contribution is 7.99. The molecule has 0 aliphatic carbocycles. The second-order valence-corrected chi connectivity index (χ2v) is 7.57. The Morgan fingerprint density at radius 2 is 2.00 bits per heavy atom. The van der Waals surface area contributed by atoms with Gasteiger partial charge < -0.3 is 9.47 Å². The number of hydrogen-bond donors (Lipinski definition) is 0. The van der Waals surface area contributed by atoms with E-state index in [9.17, 15) is 9.59 Å². The lowest BCUT2D eigenvalue weighted by atomic mass is 10.2. The molecule has 2 aromatic carbocycles. The van der Waals surface area contributed by atoms with E-state index in [4.69, 9.17) is 21.1 Å². The van der Waals surface area contributed by atoms with Crippen molar-refractivity contribution in [2.45, 2.75) is 25.1 Å². The van der Waals surface area contributed by atoms with Crippen LogP contribution in [0.2, 0.25) is 5.02 Å². The molecule has 0 saturated carbocycles. The number of thioether (sulfide) groups is 1. The summed E-state index contributed by atoms with van der Waals surface area (Å²) in [6.45, 7) is 3.56. The average molecular weight is 419 g/mol. The van der Waals surface area contributed by atoms with Crippen LogP contribution in [0.5, 0.6) is 5.75 Å². The fourth-order valence-corrected chi connectivity index (χ4v) is 3.64. The number of halogens is 1. The highest BCUT2D eigenvalue weighted by Crippen LogP contribution is 2.27. The molecule has 8 heteroatoms. The summed E-state index contributed by atoms with van der Waals surface area (Å²) >= 11 is 7.19.